The van der Waals surface area contributed by atoms with E-state index in [1.54, 1.807) is 10.6 Å². The van der Waals surface area contributed by atoms with Crippen molar-refractivity contribution in [1.82, 2.24) is 14.9 Å². The van der Waals surface area contributed by atoms with Gasteiger partial charge < -0.3 is 5.32 Å². The van der Waals surface area contributed by atoms with E-state index in [4.69, 9.17) is 4.98 Å². The zero-order valence-corrected chi connectivity index (χ0v) is 18.2. The van der Waals surface area contributed by atoms with Gasteiger partial charge >= 0.3 is 0 Å². The molecule has 3 rings (SSSR count). The molecule has 0 fully saturated rings. The van der Waals surface area contributed by atoms with Crippen molar-refractivity contribution in [2.45, 2.75) is 51.7 Å². The van der Waals surface area contributed by atoms with Crippen molar-refractivity contribution in [3.8, 4) is 5.69 Å². The highest BCUT2D eigenvalue weighted by Gasteiger charge is 2.16. The number of carbonyl (C=O) groups is 1. The summed E-state index contributed by atoms with van der Waals surface area (Å²) in [6.07, 6.45) is 1.96. The van der Waals surface area contributed by atoms with Crippen LogP contribution in [0.1, 0.15) is 37.8 Å². The van der Waals surface area contributed by atoms with Gasteiger partial charge in [0.05, 0.1) is 22.3 Å². The third-order valence-electron chi connectivity index (χ3n) is 4.67. The molecule has 152 valence electrons. The molecule has 6 heteroatoms. The molecular formula is C23H27N3O2S. The lowest BCUT2D eigenvalue weighted by Crippen LogP contribution is -2.34. The number of aromatic nitrogens is 2. The number of amides is 1. The van der Waals surface area contributed by atoms with Gasteiger partial charge in [0, 0.05) is 6.04 Å². The van der Waals surface area contributed by atoms with Crippen LogP contribution in [0.4, 0.5) is 0 Å². The van der Waals surface area contributed by atoms with Gasteiger partial charge in [-0.3, -0.25) is 14.2 Å². The van der Waals surface area contributed by atoms with Gasteiger partial charge in [0.2, 0.25) is 5.91 Å². The Morgan fingerprint density at radius 1 is 1.17 bits per heavy atom. The van der Waals surface area contributed by atoms with Gasteiger partial charge in [0.25, 0.3) is 5.56 Å². The Labute approximate surface area is 175 Å². The van der Waals surface area contributed by atoms with Crippen LogP contribution < -0.4 is 10.9 Å². The Hall–Kier alpha value is -2.60. The zero-order chi connectivity index (χ0) is 21.0. The Morgan fingerprint density at radius 3 is 2.55 bits per heavy atom. The monoisotopic (exact) mass is 409 g/mol. The van der Waals surface area contributed by atoms with Crippen LogP contribution in [0.15, 0.2) is 52.4 Å². The maximum absolute atomic E-state index is 13.3. The number of thioether (sulfide) groups is 1. The molecule has 0 saturated carbocycles. The van der Waals surface area contributed by atoms with E-state index >= 15 is 0 Å². The Balaban J connectivity index is 2.01. The minimum atomic E-state index is -0.122. The highest BCUT2D eigenvalue weighted by molar-refractivity contribution is 7.99. The zero-order valence-electron chi connectivity index (χ0n) is 17.4. The number of hydrogen-bond donors (Lipinski definition) is 1. The lowest BCUT2D eigenvalue weighted by atomic mass is 10.1. The van der Waals surface area contributed by atoms with E-state index in [1.165, 1.54) is 11.8 Å². The van der Waals surface area contributed by atoms with Crippen molar-refractivity contribution >= 4 is 28.6 Å². The number of nitrogens with zero attached hydrogens (tertiary/aromatic N) is 2. The van der Waals surface area contributed by atoms with Gasteiger partial charge in [0.15, 0.2) is 5.16 Å². The smallest absolute Gasteiger partial charge is 0.266 e. The number of carbonyl (C=O) groups excluding carboxylic acids is 1. The minimum absolute atomic E-state index is 0.0506. The highest BCUT2D eigenvalue weighted by Crippen LogP contribution is 2.22. The number of benzene rings is 2. The van der Waals surface area contributed by atoms with Crippen molar-refractivity contribution in [2.24, 2.45) is 0 Å². The molecule has 1 N–H and O–H groups in total. The first-order chi connectivity index (χ1) is 13.9. The fourth-order valence-electron chi connectivity index (χ4n) is 3.47. The molecule has 1 aromatic heterocycles. The molecule has 3 aromatic rings. The summed E-state index contributed by atoms with van der Waals surface area (Å²) in [7, 11) is 0. The van der Waals surface area contributed by atoms with E-state index in [9.17, 15) is 9.59 Å². The molecule has 1 amide bonds. The summed E-state index contributed by atoms with van der Waals surface area (Å²) >= 11 is 1.29. The third kappa shape index (κ3) is 5.07. The number of aryl methyl sites for hydroxylation is 2. The summed E-state index contributed by atoms with van der Waals surface area (Å²) < 4.78 is 1.62. The topological polar surface area (TPSA) is 64.0 Å². The number of rotatable bonds is 7. The van der Waals surface area contributed by atoms with Crippen molar-refractivity contribution in [2.75, 3.05) is 5.75 Å². The Kier molecular flexibility index (Phi) is 6.75. The van der Waals surface area contributed by atoms with Crippen molar-refractivity contribution < 1.29 is 4.79 Å². The molecule has 0 aliphatic heterocycles. The van der Waals surface area contributed by atoms with Crippen LogP contribution in [0, 0.1) is 13.8 Å². The van der Waals surface area contributed by atoms with E-state index in [-0.39, 0.29) is 23.3 Å². The van der Waals surface area contributed by atoms with Crippen molar-refractivity contribution in [3.05, 3.63) is 63.9 Å². The predicted molar refractivity (Wildman–Crippen MR) is 120 cm³/mol. The van der Waals surface area contributed by atoms with E-state index in [0.29, 0.717) is 16.1 Å². The second-order valence-corrected chi connectivity index (χ2v) is 8.39. The molecule has 0 unspecified atom stereocenters. The summed E-state index contributed by atoms with van der Waals surface area (Å²) in [6.45, 7) is 8.11. The molecule has 0 aliphatic rings. The molecule has 0 saturated heterocycles. The molecule has 0 spiro atoms. The summed E-state index contributed by atoms with van der Waals surface area (Å²) in [6, 6.07) is 13.5. The predicted octanol–water partition coefficient (Wildman–Crippen LogP) is 4.40. The summed E-state index contributed by atoms with van der Waals surface area (Å²) in [5.74, 6) is 0.161. The van der Waals surface area contributed by atoms with Crippen LogP contribution in [0.5, 0.6) is 0 Å². The van der Waals surface area contributed by atoms with E-state index < -0.39 is 0 Å². The second-order valence-electron chi connectivity index (χ2n) is 7.44. The second kappa shape index (κ2) is 9.27. The average molecular weight is 410 g/mol. The number of hydrogen-bond acceptors (Lipinski definition) is 4. The molecule has 1 heterocycles. The number of nitrogens with one attached hydrogen (secondary N) is 1. The summed E-state index contributed by atoms with van der Waals surface area (Å²) in [5, 5.41) is 4.10. The molecule has 0 radical (unpaired) electrons. The average Bonchev–Trinajstić information content (AvgIpc) is 2.66. The van der Waals surface area contributed by atoms with Crippen molar-refractivity contribution in [1.29, 1.82) is 0 Å². The summed E-state index contributed by atoms with van der Waals surface area (Å²) in [4.78, 5) is 30.4. The molecule has 1 atom stereocenters. The normalized spacial score (nSPS) is 12.1. The lowest BCUT2D eigenvalue weighted by molar-refractivity contribution is -0.119. The van der Waals surface area contributed by atoms with Crippen LogP contribution >= 0.6 is 11.8 Å². The fourth-order valence-corrected chi connectivity index (χ4v) is 4.29. The fraction of sp³-hybridized carbons (Fsp3) is 0.348. The van der Waals surface area contributed by atoms with Crippen LogP contribution in [0.3, 0.4) is 0 Å². The molecule has 29 heavy (non-hydrogen) atoms. The van der Waals surface area contributed by atoms with Gasteiger partial charge in [-0.2, -0.15) is 0 Å². The highest BCUT2D eigenvalue weighted by atomic mass is 32.2. The van der Waals surface area contributed by atoms with Crippen molar-refractivity contribution in [3.63, 3.8) is 0 Å². The van der Waals surface area contributed by atoms with Crippen LogP contribution in [0.25, 0.3) is 16.6 Å². The third-order valence-corrected chi connectivity index (χ3v) is 5.61. The Bertz CT molecular complexity index is 1070. The quantitative estimate of drug-likeness (QED) is 0.464. The maximum atomic E-state index is 13.3. The first-order valence-corrected chi connectivity index (χ1v) is 10.9. The van der Waals surface area contributed by atoms with E-state index in [2.05, 4.69) is 18.3 Å². The van der Waals surface area contributed by atoms with Gasteiger partial charge in [0.1, 0.15) is 0 Å². The number of para-hydroxylation sites is 1. The van der Waals surface area contributed by atoms with Gasteiger partial charge in [-0.05, 0) is 62.6 Å². The van der Waals surface area contributed by atoms with Gasteiger partial charge in [-0.25, -0.2) is 4.98 Å². The number of fused-ring (bicyclic) bond motifs is 1. The van der Waals surface area contributed by atoms with Gasteiger partial charge in [-0.1, -0.05) is 43.3 Å². The van der Waals surface area contributed by atoms with E-state index in [0.717, 1.165) is 29.7 Å². The first-order valence-electron chi connectivity index (χ1n) is 9.91. The first kappa shape index (κ1) is 21.1. The molecular weight excluding hydrogens is 382 g/mol. The van der Waals surface area contributed by atoms with Gasteiger partial charge in [-0.15, -0.1) is 0 Å². The lowest BCUT2D eigenvalue weighted by Gasteiger charge is -2.15. The van der Waals surface area contributed by atoms with Crippen LogP contribution in [-0.4, -0.2) is 27.3 Å². The largest absolute Gasteiger partial charge is 0.353 e. The molecule has 0 bridgehead atoms. The maximum Gasteiger partial charge on any atom is 0.266 e. The molecule has 2 aromatic carbocycles. The van der Waals surface area contributed by atoms with Crippen LogP contribution in [-0.2, 0) is 4.79 Å². The Morgan fingerprint density at radius 2 is 1.86 bits per heavy atom. The van der Waals surface area contributed by atoms with E-state index in [1.807, 2.05) is 51.1 Å². The standard InChI is InChI=1S/C23H27N3O2S/c1-5-8-17(4)24-21(27)14-29-23-25-20-10-7-6-9-19(20)22(28)26(23)18-12-15(2)11-16(3)13-18/h6-7,9-13,17H,5,8,14H2,1-4H3,(H,24,27)/t17-/m1/s1. The summed E-state index contributed by atoms with van der Waals surface area (Å²) in [5.41, 5.74) is 3.43. The molecule has 5 nitrogen and oxygen atoms in total. The SMILES string of the molecule is CCC[C@@H](C)NC(=O)CSc1nc2ccccc2c(=O)n1-c1cc(C)cc(C)c1. The minimum Gasteiger partial charge on any atom is -0.353 e. The molecule has 0 aliphatic carbocycles. The van der Waals surface area contributed by atoms with Crippen LogP contribution in [0.2, 0.25) is 0 Å².